The van der Waals surface area contributed by atoms with Crippen LogP contribution in [-0.2, 0) is 19.1 Å². The molecule has 0 aliphatic heterocycles. The summed E-state index contributed by atoms with van der Waals surface area (Å²) in [6, 6.07) is 8.16. The maximum atomic E-state index is 11.0. The zero-order chi connectivity index (χ0) is 11.9. The van der Waals surface area contributed by atoms with Crippen LogP contribution in [0.25, 0.3) is 0 Å². The fraction of sp³-hybridized carbons (Fsp3) is 0.357. The Morgan fingerprint density at radius 2 is 2.18 bits per heavy atom. The van der Waals surface area contributed by atoms with Crippen LogP contribution < -0.4 is 0 Å². The molecule has 0 fully saturated rings. The first-order valence-corrected chi connectivity index (χ1v) is 6.00. The second kappa shape index (κ2) is 3.70. The van der Waals surface area contributed by atoms with Crippen LogP contribution in [0, 0.1) is 0 Å². The third-order valence-electron chi connectivity index (χ3n) is 3.63. The van der Waals surface area contributed by atoms with Crippen molar-refractivity contribution in [2.45, 2.75) is 24.9 Å². The van der Waals surface area contributed by atoms with Crippen molar-refractivity contribution in [2.24, 2.45) is 7.05 Å². The predicted octanol–water partition coefficient (Wildman–Crippen LogP) is 1.99. The quantitative estimate of drug-likeness (QED) is 0.810. The van der Waals surface area contributed by atoms with Crippen LogP contribution in [0.3, 0.4) is 0 Å². The lowest BCUT2D eigenvalue weighted by molar-refractivity contribution is 0.0615. The number of hydrogen-bond acceptors (Lipinski definition) is 2. The minimum Gasteiger partial charge on any atom is -0.380 e. The molecule has 1 aliphatic rings. The Labute approximate surface area is 101 Å². The molecular weight excluding hydrogens is 212 g/mol. The number of aromatic nitrogens is 2. The summed E-state index contributed by atoms with van der Waals surface area (Å²) in [5.41, 5.74) is 2.33. The van der Waals surface area contributed by atoms with Gasteiger partial charge in [0.05, 0.1) is 6.20 Å². The van der Waals surface area contributed by atoms with E-state index in [2.05, 4.69) is 11.2 Å². The normalized spacial score (nSPS) is 23.4. The van der Waals surface area contributed by atoms with Gasteiger partial charge in [0, 0.05) is 18.8 Å². The minimum atomic E-state index is -0.858. The Hall–Kier alpha value is -1.61. The largest absolute Gasteiger partial charge is 0.380 e. The molecule has 1 unspecified atom stereocenters. The molecule has 0 amide bonds. The van der Waals surface area contributed by atoms with Gasteiger partial charge in [-0.2, -0.15) is 5.10 Å². The smallest absolute Gasteiger partial charge is 0.118 e. The van der Waals surface area contributed by atoms with E-state index in [1.165, 1.54) is 5.56 Å². The van der Waals surface area contributed by atoms with Crippen LogP contribution in [0.4, 0.5) is 0 Å². The van der Waals surface area contributed by atoms with E-state index in [9.17, 15) is 5.11 Å². The Morgan fingerprint density at radius 1 is 1.35 bits per heavy atom. The maximum Gasteiger partial charge on any atom is 0.118 e. The first-order valence-electron chi connectivity index (χ1n) is 6.00. The van der Waals surface area contributed by atoms with Gasteiger partial charge in [0.25, 0.3) is 0 Å². The van der Waals surface area contributed by atoms with E-state index in [-0.39, 0.29) is 0 Å². The highest BCUT2D eigenvalue weighted by atomic mass is 16.3. The summed E-state index contributed by atoms with van der Waals surface area (Å²) < 4.78 is 1.74. The van der Waals surface area contributed by atoms with Crippen molar-refractivity contribution in [1.82, 2.24) is 9.78 Å². The summed E-state index contributed by atoms with van der Waals surface area (Å²) in [6.45, 7) is 0. The highest BCUT2D eigenvalue weighted by molar-refractivity contribution is 5.41. The van der Waals surface area contributed by atoms with Gasteiger partial charge >= 0.3 is 0 Å². The van der Waals surface area contributed by atoms with Crippen LogP contribution in [0.15, 0.2) is 36.7 Å². The molecule has 1 aromatic heterocycles. The highest BCUT2D eigenvalue weighted by Crippen LogP contribution is 2.40. The molecule has 2 aromatic rings. The molecule has 0 radical (unpaired) electrons. The Bertz CT molecular complexity index is 547. The molecule has 0 saturated carbocycles. The van der Waals surface area contributed by atoms with E-state index in [1.54, 1.807) is 10.9 Å². The maximum absolute atomic E-state index is 11.0. The van der Waals surface area contributed by atoms with Crippen molar-refractivity contribution in [1.29, 1.82) is 0 Å². The third kappa shape index (κ3) is 1.58. The van der Waals surface area contributed by atoms with Crippen LogP contribution >= 0.6 is 0 Å². The van der Waals surface area contributed by atoms with Gasteiger partial charge in [-0.3, -0.25) is 4.68 Å². The molecule has 3 heteroatoms. The average Bonchev–Trinajstić information content (AvgIpc) is 2.77. The zero-order valence-electron chi connectivity index (χ0n) is 9.93. The molecule has 0 saturated heterocycles. The van der Waals surface area contributed by atoms with E-state index in [4.69, 9.17) is 0 Å². The molecule has 1 N–H and O–H groups in total. The number of fused-ring (bicyclic) bond motifs is 1. The first kappa shape index (κ1) is 10.5. The fourth-order valence-electron chi connectivity index (χ4n) is 2.75. The van der Waals surface area contributed by atoms with Gasteiger partial charge in [-0.15, -0.1) is 0 Å². The first-order chi connectivity index (χ1) is 8.20. The molecule has 1 aromatic carbocycles. The SMILES string of the molecule is Cn1cc(C2(O)CCCc3ccccc32)cn1. The zero-order valence-corrected chi connectivity index (χ0v) is 9.93. The van der Waals surface area contributed by atoms with Crippen LogP contribution in [-0.4, -0.2) is 14.9 Å². The van der Waals surface area contributed by atoms with Crippen LogP contribution in [0.5, 0.6) is 0 Å². The summed E-state index contributed by atoms with van der Waals surface area (Å²) >= 11 is 0. The summed E-state index contributed by atoms with van der Waals surface area (Å²) in [5.74, 6) is 0. The van der Waals surface area contributed by atoms with Gasteiger partial charge in [-0.05, 0) is 30.4 Å². The number of nitrogens with zero attached hydrogens (tertiary/aromatic N) is 2. The molecule has 88 valence electrons. The van der Waals surface area contributed by atoms with E-state index in [1.807, 2.05) is 31.4 Å². The molecule has 1 heterocycles. The van der Waals surface area contributed by atoms with E-state index in [0.29, 0.717) is 0 Å². The van der Waals surface area contributed by atoms with Crippen molar-refractivity contribution >= 4 is 0 Å². The molecule has 1 aliphatic carbocycles. The number of hydrogen-bond donors (Lipinski definition) is 1. The van der Waals surface area contributed by atoms with Gasteiger partial charge in [0.15, 0.2) is 0 Å². The van der Waals surface area contributed by atoms with Crippen molar-refractivity contribution in [3.05, 3.63) is 53.3 Å². The molecule has 3 rings (SSSR count). The number of benzene rings is 1. The highest BCUT2D eigenvalue weighted by Gasteiger charge is 2.36. The molecule has 3 nitrogen and oxygen atoms in total. The van der Waals surface area contributed by atoms with E-state index >= 15 is 0 Å². The van der Waals surface area contributed by atoms with Gasteiger partial charge < -0.3 is 5.11 Å². The lowest BCUT2D eigenvalue weighted by Gasteiger charge is -2.33. The van der Waals surface area contributed by atoms with E-state index in [0.717, 1.165) is 30.4 Å². The number of aliphatic hydroxyl groups is 1. The Morgan fingerprint density at radius 3 is 2.94 bits per heavy atom. The van der Waals surface area contributed by atoms with Gasteiger partial charge in [-0.25, -0.2) is 0 Å². The van der Waals surface area contributed by atoms with Crippen molar-refractivity contribution in [3.63, 3.8) is 0 Å². The molecule has 0 spiro atoms. The second-order valence-electron chi connectivity index (χ2n) is 4.77. The second-order valence-corrected chi connectivity index (χ2v) is 4.77. The van der Waals surface area contributed by atoms with Gasteiger partial charge in [0.2, 0.25) is 0 Å². The standard InChI is InChI=1S/C14H16N2O/c1-16-10-12(9-15-16)14(17)8-4-6-11-5-2-3-7-13(11)14/h2-3,5,7,9-10,17H,4,6,8H2,1H3. The third-order valence-corrected chi connectivity index (χ3v) is 3.63. The summed E-state index contributed by atoms with van der Waals surface area (Å²) in [5, 5.41) is 15.1. The predicted molar refractivity (Wildman–Crippen MR) is 65.6 cm³/mol. The topological polar surface area (TPSA) is 38.0 Å². The Balaban J connectivity index is 2.15. The molecular formula is C14H16N2O. The van der Waals surface area contributed by atoms with Crippen molar-refractivity contribution < 1.29 is 5.11 Å². The average molecular weight is 228 g/mol. The fourth-order valence-corrected chi connectivity index (χ4v) is 2.75. The molecule has 17 heavy (non-hydrogen) atoms. The van der Waals surface area contributed by atoms with Crippen molar-refractivity contribution in [3.8, 4) is 0 Å². The number of rotatable bonds is 1. The monoisotopic (exact) mass is 228 g/mol. The van der Waals surface area contributed by atoms with Crippen LogP contribution in [0.1, 0.15) is 29.5 Å². The lowest BCUT2D eigenvalue weighted by Crippen LogP contribution is -2.31. The van der Waals surface area contributed by atoms with E-state index < -0.39 is 5.60 Å². The lowest BCUT2D eigenvalue weighted by atomic mass is 9.76. The van der Waals surface area contributed by atoms with Crippen LogP contribution in [0.2, 0.25) is 0 Å². The molecule has 0 bridgehead atoms. The molecule has 1 atom stereocenters. The summed E-state index contributed by atoms with van der Waals surface area (Å²) in [6.07, 6.45) is 6.51. The number of aryl methyl sites for hydroxylation is 2. The van der Waals surface area contributed by atoms with Gasteiger partial charge in [-0.1, -0.05) is 24.3 Å². The Kier molecular flexibility index (Phi) is 2.30. The minimum absolute atomic E-state index is 0.774. The summed E-state index contributed by atoms with van der Waals surface area (Å²) in [7, 11) is 1.88. The van der Waals surface area contributed by atoms with Gasteiger partial charge in [0.1, 0.15) is 5.60 Å². The van der Waals surface area contributed by atoms with Crippen molar-refractivity contribution in [2.75, 3.05) is 0 Å². The summed E-state index contributed by atoms with van der Waals surface area (Å²) in [4.78, 5) is 0.